The van der Waals surface area contributed by atoms with Gasteiger partial charge >= 0.3 is 388 Å². The molecule has 36 heteroatoms. The summed E-state index contributed by atoms with van der Waals surface area (Å²) in [6.07, 6.45) is 0. The van der Waals surface area contributed by atoms with Crippen LogP contribution in [0.3, 0.4) is 0 Å². The quantitative estimate of drug-likeness (QED) is 0.204. The molecule has 0 aromatic rings. The molecule has 0 heterocycles. The molecular formula is C6Mn6N6Na6O18. The zero-order valence-corrected chi connectivity index (χ0v) is 40.4. The van der Waals surface area contributed by atoms with Gasteiger partial charge in [0.1, 0.15) is 0 Å². The summed E-state index contributed by atoms with van der Waals surface area (Å²) in [7, 11) is 0. The van der Waals surface area contributed by atoms with Gasteiger partial charge in [-0.25, -0.2) is 0 Å². The van der Waals surface area contributed by atoms with Crippen LogP contribution in [0.4, 0.5) is 0 Å². The van der Waals surface area contributed by atoms with Gasteiger partial charge in [-0.15, -0.1) is 0 Å². The normalized spacial score (nSPS) is 8.57. The van der Waals surface area contributed by atoms with Crippen LogP contribution in [0, 0.1) is 61.4 Å². The zero-order valence-electron chi connectivity index (χ0n) is 21.3. The van der Waals surface area contributed by atoms with Crippen LogP contribution >= 0.6 is 0 Å². The summed E-state index contributed by atoms with van der Waals surface area (Å²) in [5.41, 5.74) is 0. The van der Waals surface area contributed by atoms with Gasteiger partial charge in [-0.3, -0.25) is 0 Å². The van der Waals surface area contributed by atoms with Crippen LogP contribution < -0.4 is 202 Å². The van der Waals surface area contributed by atoms with E-state index in [0.717, 1.165) is 0 Å². The minimum absolute atomic E-state index is 0. The van der Waals surface area contributed by atoms with Crippen molar-refractivity contribution >= 4 is 0 Å². The molecule has 0 N–H and O–H groups in total. The number of nitrogens with zero attached hydrogens (tertiary/aromatic N) is 6. The van der Waals surface area contributed by atoms with Gasteiger partial charge in [0.2, 0.25) is 0 Å². The van der Waals surface area contributed by atoms with Crippen LogP contribution in [0.2, 0.25) is 0 Å². The molecule has 0 unspecified atom stereocenters. The van der Waals surface area contributed by atoms with E-state index in [0.29, 0.717) is 29.8 Å². The predicted octanol–water partition coefficient (Wildman–Crippen LogP) is -26.4. The van der Waals surface area contributed by atoms with Gasteiger partial charge in [0.25, 0.3) is 0 Å². The van der Waals surface area contributed by atoms with Crippen molar-refractivity contribution in [2.24, 2.45) is 0 Å². The van der Waals surface area contributed by atoms with Crippen molar-refractivity contribution in [2.75, 3.05) is 0 Å². The van der Waals surface area contributed by atoms with Crippen molar-refractivity contribution in [2.45, 2.75) is 0 Å². The number of rotatable bonds is 0. The van der Waals surface area contributed by atoms with E-state index in [4.69, 9.17) is 103 Å². The molecule has 210 valence electrons. The molecule has 0 fully saturated rings. The summed E-state index contributed by atoms with van der Waals surface area (Å²) < 4.78 is 165. The molecule has 0 aromatic heterocycles. The molecular weight excluding hydrogens is 912 g/mol. The van der Waals surface area contributed by atoms with E-state index < -0.39 is 78.2 Å². The molecule has 0 aromatic carbocycles. The topological polar surface area (TPSA) is 486 Å². The van der Waals surface area contributed by atoms with E-state index in [9.17, 15) is 0 Å². The number of hydrogen-bond donors (Lipinski definition) is 0. The Labute approximate surface area is 379 Å². The van der Waals surface area contributed by atoms with Crippen molar-refractivity contribution in [3.05, 3.63) is 0 Å². The van der Waals surface area contributed by atoms with E-state index in [1.807, 2.05) is 0 Å². The van der Waals surface area contributed by atoms with Gasteiger partial charge in [0.05, 0.1) is 0 Å². The number of nitriles is 6. The van der Waals surface area contributed by atoms with E-state index in [2.05, 4.69) is 0 Å². The number of hydrogen-bond acceptors (Lipinski definition) is 24. The van der Waals surface area contributed by atoms with E-state index in [-0.39, 0.29) is 177 Å². The fourth-order valence-corrected chi connectivity index (χ4v) is 0. The minimum atomic E-state index is -5.09. The summed E-state index contributed by atoms with van der Waals surface area (Å²) in [5, 5.41) is 43.7. The Morgan fingerprint density at radius 1 is 0.262 bits per heavy atom. The van der Waals surface area contributed by atoms with Crippen LogP contribution in [0.1, 0.15) is 0 Å². The Bertz CT molecular complexity index is 1310. The first-order valence-corrected chi connectivity index (χ1v) is 17.5. The van der Waals surface area contributed by atoms with Crippen molar-refractivity contribution < 1.29 is 327 Å². The summed E-state index contributed by atoms with van der Waals surface area (Å²) in [6, 6.07) is 0. The molecule has 0 atom stereocenters. The average Bonchev–Trinajstić information content (AvgIpc) is 2.67. The van der Waals surface area contributed by atoms with E-state index >= 15 is 0 Å². The minimum Gasteiger partial charge on any atom is 1.00 e. The van der Waals surface area contributed by atoms with Gasteiger partial charge < -0.3 is 0 Å². The zero-order chi connectivity index (χ0) is 31.2. The van der Waals surface area contributed by atoms with Crippen molar-refractivity contribution in [3.8, 4) is 29.8 Å². The van der Waals surface area contributed by atoms with E-state index in [1.165, 1.54) is 0 Å². The molecule has 0 saturated heterocycles. The summed E-state index contributed by atoms with van der Waals surface area (Å²) in [4.78, 5) is 3.47. The van der Waals surface area contributed by atoms with Crippen molar-refractivity contribution in [1.29, 1.82) is 31.6 Å². The molecule has 0 aliphatic heterocycles. The second-order valence-electron chi connectivity index (χ2n) is 3.03. The standard InChI is InChI=1S/6CN.6Mn.6Na.18O/c6*1-2;;;;;;;;;;;;;;;;;;;;;;;;;;;;;;/q;;;;;;;;;;;;6*+1;;;;;;;;;;;;;6*-1. The molecule has 42 heavy (non-hydrogen) atoms. The smallest absolute Gasteiger partial charge is 1.00 e. The Morgan fingerprint density at radius 3 is 0.286 bits per heavy atom. The van der Waals surface area contributed by atoms with Crippen molar-refractivity contribution in [3.63, 3.8) is 0 Å². The van der Waals surface area contributed by atoms with Gasteiger partial charge in [0, 0.05) is 0 Å². The first kappa shape index (κ1) is 80.2. The molecule has 0 aliphatic carbocycles. The molecule has 0 spiro atoms. The van der Waals surface area contributed by atoms with Gasteiger partial charge in [-0.05, 0) is 0 Å². The maximum Gasteiger partial charge on any atom is 1.00 e. The molecule has 0 saturated carbocycles. The fraction of sp³-hybridized carbons (Fsp3) is 0. The average molecular weight is 912 g/mol. The predicted molar refractivity (Wildman–Crippen MR) is 41.9 cm³/mol. The summed E-state index contributed by atoms with van der Waals surface area (Å²) >= 11 is -30.5. The molecule has 24 nitrogen and oxygen atoms in total. The van der Waals surface area contributed by atoms with Crippen LogP contribution in [0.15, 0.2) is 0 Å². The Morgan fingerprint density at radius 2 is 0.286 bits per heavy atom. The van der Waals surface area contributed by atoms with Crippen LogP contribution in [-0.4, -0.2) is 0 Å². The van der Waals surface area contributed by atoms with Gasteiger partial charge in [-0.1, -0.05) is 0 Å². The van der Waals surface area contributed by atoms with Crippen molar-refractivity contribution in [1.82, 2.24) is 0 Å². The third kappa shape index (κ3) is 170. The Balaban J connectivity index is -0.0000000250. The third-order valence-corrected chi connectivity index (χ3v) is 2.56. The first-order valence-electron chi connectivity index (χ1n) is 5.25. The second-order valence-corrected chi connectivity index (χ2v) is 12.5. The maximum absolute atomic E-state index is 9.14. The van der Waals surface area contributed by atoms with Gasteiger partial charge in [-0.2, -0.15) is 0 Å². The fourth-order valence-electron chi connectivity index (χ4n) is 0. The first-order chi connectivity index (χ1) is 15.4. The Hall–Kier alpha value is 3.42. The molecule has 0 radical (unpaired) electrons. The van der Waals surface area contributed by atoms with Crippen LogP contribution in [-0.2, 0) is 124 Å². The maximum atomic E-state index is 9.14. The summed E-state index contributed by atoms with van der Waals surface area (Å²) in [5.74, 6) is 0. The Kier molecular flexibility index (Phi) is 77.5. The van der Waals surface area contributed by atoms with Gasteiger partial charge in [0.15, 0.2) is 0 Å². The van der Waals surface area contributed by atoms with Crippen LogP contribution in [0.25, 0.3) is 0 Å². The largest absolute Gasteiger partial charge is 1.00 e. The SMILES string of the molecule is N#[C][Mn](=[O])(=[O])[O-].N#[C][Mn](=[O])(=[O])[O-].N#[C][Mn](=[O])(=[O])[O-].N#[C][Mn](=[O])(=[O])[O-].N#[C][Mn](=[O])(=[O])[O-].N#[C][Mn](=[O])(=[O])[O-].[Na+].[Na+].[Na+].[Na+].[Na+].[Na+]. The molecule has 0 rings (SSSR count). The van der Waals surface area contributed by atoms with Crippen LogP contribution in [0.5, 0.6) is 0 Å². The monoisotopic (exact) mass is 911 g/mol. The molecule has 0 bridgehead atoms. The molecule has 0 aliphatic rings. The second kappa shape index (κ2) is 40.6. The van der Waals surface area contributed by atoms with E-state index in [1.54, 1.807) is 0 Å². The third-order valence-electron chi connectivity index (χ3n) is 0.621. The molecule has 0 amide bonds. The summed E-state index contributed by atoms with van der Waals surface area (Å²) in [6.45, 7) is 0.